The number of carbonyl (C=O) groups excluding carboxylic acids is 1. The number of carbonyl (C=O) groups is 1. The predicted octanol–water partition coefficient (Wildman–Crippen LogP) is 5.14. The number of nitrogens with zero attached hydrogens (tertiary/aromatic N) is 3. The minimum Gasteiger partial charge on any atom is -0.497 e. The molecule has 1 aliphatic rings. The van der Waals surface area contributed by atoms with Gasteiger partial charge < -0.3 is 24.5 Å². The summed E-state index contributed by atoms with van der Waals surface area (Å²) in [4.78, 5) is 17.9. The van der Waals surface area contributed by atoms with Gasteiger partial charge in [0.2, 0.25) is 5.95 Å². The largest absolute Gasteiger partial charge is 0.497 e. The molecule has 1 unspecified atom stereocenters. The lowest BCUT2D eigenvalue weighted by Gasteiger charge is -2.27. The topological polar surface area (TPSA) is 103 Å². The second kappa shape index (κ2) is 9.19. The van der Waals surface area contributed by atoms with Crippen LogP contribution in [-0.2, 0) is 4.79 Å². The van der Waals surface area contributed by atoms with E-state index in [4.69, 9.17) is 25.5 Å². The zero-order chi connectivity index (χ0) is 24.5. The highest BCUT2D eigenvalue weighted by Gasteiger charge is 2.36. The first-order valence-electron chi connectivity index (χ1n) is 10.8. The van der Waals surface area contributed by atoms with Gasteiger partial charge in [0.05, 0.1) is 30.5 Å². The number of aromatic nitrogens is 3. The van der Waals surface area contributed by atoms with Crippen molar-refractivity contribution in [3.05, 3.63) is 83.0 Å². The van der Waals surface area contributed by atoms with Crippen LogP contribution in [0.4, 0.5) is 11.6 Å². The quantitative estimate of drug-likeness (QED) is 0.385. The first kappa shape index (κ1) is 22.5. The number of halogens is 1. The van der Waals surface area contributed by atoms with Crippen LogP contribution in [0.15, 0.2) is 76.6 Å². The van der Waals surface area contributed by atoms with Crippen LogP contribution in [0.25, 0.3) is 11.3 Å². The molecule has 1 aliphatic heterocycles. The number of fused-ring (bicyclic) bond motifs is 1. The van der Waals surface area contributed by atoms with Crippen LogP contribution in [0, 0.1) is 0 Å². The van der Waals surface area contributed by atoms with Gasteiger partial charge in [-0.25, -0.2) is 4.68 Å². The third kappa shape index (κ3) is 4.10. The summed E-state index contributed by atoms with van der Waals surface area (Å²) in [5, 5.41) is 11.0. The number of nitrogens with one attached hydrogen (secondary N) is 2. The number of rotatable bonds is 6. The van der Waals surface area contributed by atoms with Crippen LogP contribution in [0.2, 0.25) is 5.02 Å². The molecule has 3 heterocycles. The lowest BCUT2D eigenvalue weighted by atomic mass is 10.00. The van der Waals surface area contributed by atoms with Crippen molar-refractivity contribution in [2.24, 2.45) is 0 Å². The Balaban J connectivity index is 1.55. The minimum atomic E-state index is -0.665. The minimum absolute atomic E-state index is 0.358. The molecule has 0 bridgehead atoms. The lowest BCUT2D eigenvalue weighted by Crippen LogP contribution is -2.31. The number of hydrogen-bond donors (Lipinski definition) is 2. The number of furan rings is 1. The molecule has 1 amide bonds. The standard InChI is InChI=1S/C25H22ClN5O4/c1-14-22(24(32)30-18-12-15(33-2)8-9-20(18)34-3)23(31-25(29-14)27-13-28-31)21-11-10-19(35-21)16-6-4-5-7-17(16)26/h4-13,23H,1-3H3,(H,30,32)(H,27,28,29). The monoisotopic (exact) mass is 491 g/mol. The molecule has 0 saturated heterocycles. The third-order valence-electron chi connectivity index (χ3n) is 5.73. The van der Waals surface area contributed by atoms with E-state index in [9.17, 15) is 4.79 Å². The van der Waals surface area contributed by atoms with Gasteiger partial charge >= 0.3 is 0 Å². The van der Waals surface area contributed by atoms with Crippen molar-refractivity contribution in [1.29, 1.82) is 0 Å². The third-order valence-corrected chi connectivity index (χ3v) is 6.06. The molecular weight excluding hydrogens is 470 g/mol. The van der Waals surface area contributed by atoms with Gasteiger partial charge in [-0.3, -0.25) is 4.79 Å². The summed E-state index contributed by atoms with van der Waals surface area (Å²) < 4.78 is 18.6. The smallest absolute Gasteiger partial charge is 0.256 e. The number of hydrogen-bond acceptors (Lipinski definition) is 7. The van der Waals surface area contributed by atoms with E-state index >= 15 is 0 Å². The van der Waals surface area contributed by atoms with Crippen molar-refractivity contribution in [3.63, 3.8) is 0 Å². The van der Waals surface area contributed by atoms with E-state index < -0.39 is 6.04 Å². The van der Waals surface area contributed by atoms with Crippen LogP contribution in [0.1, 0.15) is 18.7 Å². The Bertz CT molecular complexity index is 1440. The van der Waals surface area contributed by atoms with Gasteiger partial charge in [-0.15, -0.1) is 0 Å². The fraction of sp³-hybridized carbons (Fsp3) is 0.160. The highest BCUT2D eigenvalue weighted by atomic mass is 35.5. The molecular formula is C25H22ClN5O4. The summed E-state index contributed by atoms with van der Waals surface area (Å²) >= 11 is 6.37. The summed E-state index contributed by atoms with van der Waals surface area (Å²) in [6.07, 6.45) is 1.42. The molecule has 5 rings (SSSR count). The molecule has 9 nitrogen and oxygen atoms in total. The van der Waals surface area contributed by atoms with Crippen molar-refractivity contribution in [1.82, 2.24) is 14.8 Å². The average molecular weight is 492 g/mol. The molecule has 178 valence electrons. The maximum atomic E-state index is 13.7. The van der Waals surface area contributed by atoms with Gasteiger partial charge in [-0.05, 0) is 43.3 Å². The number of benzene rings is 2. The Labute approximate surface area is 206 Å². The Hall–Kier alpha value is -4.24. The lowest BCUT2D eigenvalue weighted by molar-refractivity contribution is -0.113. The number of anilines is 2. The van der Waals surface area contributed by atoms with Crippen molar-refractivity contribution in [2.45, 2.75) is 13.0 Å². The molecule has 0 saturated carbocycles. The van der Waals surface area contributed by atoms with Crippen molar-refractivity contribution < 1.29 is 18.7 Å². The maximum absolute atomic E-state index is 13.7. The van der Waals surface area contributed by atoms with Gasteiger partial charge in [0.15, 0.2) is 0 Å². The molecule has 2 aromatic heterocycles. The molecule has 4 aromatic rings. The first-order chi connectivity index (χ1) is 17.0. The summed E-state index contributed by atoms with van der Waals surface area (Å²) in [5.41, 5.74) is 2.25. The van der Waals surface area contributed by atoms with E-state index in [1.807, 2.05) is 30.3 Å². The van der Waals surface area contributed by atoms with Crippen LogP contribution in [0.5, 0.6) is 11.5 Å². The van der Waals surface area contributed by atoms with Crippen LogP contribution in [-0.4, -0.2) is 34.9 Å². The zero-order valence-corrected chi connectivity index (χ0v) is 20.0. The number of allylic oxidation sites excluding steroid dienone is 1. The van der Waals surface area contributed by atoms with E-state index in [1.54, 1.807) is 43.0 Å². The maximum Gasteiger partial charge on any atom is 0.256 e. The van der Waals surface area contributed by atoms with Gasteiger partial charge in [0.1, 0.15) is 35.4 Å². The Morgan fingerprint density at radius 2 is 1.97 bits per heavy atom. The number of amides is 1. The second-order valence-corrected chi connectivity index (χ2v) is 8.20. The first-order valence-corrected chi connectivity index (χ1v) is 11.1. The second-order valence-electron chi connectivity index (χ2n) is 7.80. The van der Waals surface area contributed by atoms with E-state index in [0.717, 1.165) is 5.56 Å². The normalized spacial score (nSPS) is 14.8. The molecule has 2 N–H and O–H groups in total. The molecule has 0 aliphatic carbocycles. The fourth-order valence-corrected chi connectivity index (χ4v) is 4.28. The zero-order valence-electron chi connectivity index (χ0n) is 19.2. The number of ether oxygens (including phenoxy) is 2. The van der Waals surface area contributed by atoms with Gasteiger partial charge in [0.25, 0.3) is 5.91 Å². The molecule has 0 radical (unpaired) electrons. The van der Waals surface area contributed by atoms with Crippen LogP contribution in [0.3, 0.4) is 0 Å². The Morgan fingerprint density at radius 1 is 1.14 bits per heavy atom. The average Bonchev–Trinajstić information content (AvgIpc) is 3.53. The van der Waals surface area contributed by atoms with Crippen molar-refractivity contribution in [3.8, 4) is 22.8 Å². The molecule has 0 spiro atoms. The van der Waals surface area contributed by atoms with E-state index in [1.165, 1.54) is 13.4 Å². The summed E-state index contributed by atoms with van der Waals surface area (Å²) in [6, 6.07) is 15.6. The van der Waals surface area contributed by atoms with Crippen molar-refractivity contribution >= 4 is 29.1 Å². The molecule has 2 aromatic carbocycles. The van der Waals surface area contributed by atoms with Crippen LogP contribution >= 0.6 is 11.6 Å². The molecule has 10 heteroatoms. The fourth-order valence-electron chi connectivity index (χ4n) is 4.06. The highest BCUT2D eigenvalue weighted by molar-refractivity contribution is 6.33. The Kier molecular flexibility index (Phi) is 5.92. The van der Waals surface area contributed by atoms with E-state index in [2.05, 4.69) is 20.7 Å². The Morgan fingerprint density at radius 3 is 2.74 bits per heavy atom. The van der Waals surface area contributed by atoms with Crippen molar-refractivity contribution in [2.75, 3.05) is 24.9 Å². The molecule has 35 heavy (non-hydrogen) atoms. The van der Waals surface area contributed by atoms with Gasteiger partial charge in [0, 0.05) is 17.3 Å². The summed E-state index contributed by atoms with van der Waals surface area (Å²) in [6.45, 7) is 1.81. The highest BCUT2D eigenvalue weighted by Crippen LogP contribution is 2.39. The van der Waals surface area contributed by atoms with Crippen LogP contribution < -0.4 is 20.1 Å². The predicted molar refractivity (Wildman–Crippen MR) is 132 cm³/mol. The summed E-state index contributed by atoms with van der Waals surface area (Å²) in [5.74, 6) is 2.31. The van der Waals surface area contributed by atoms with E-state index in [0.29, 0.717) is 50.9 Å². The molecule has 0 fully saturated rings. The number of methoxy groups -OCH3 is 2. The van der Waals surface area contributed by atoms with Gasteiger partial charge in [-0.1, -0.05) is 23.7 Å². The molecule has 1 atom stereocenters. The van der Waals surface area contributed by atoms with Gasteiger partial charge in [-0.2, -0.15) is 10.1 Å². The SMILES string of the molecule is COc1ccc(OC)c(NC(=O)C2=C(C)Nc3ncnn3C2c2ccc(-c3ccccc3Cl)o2)c1. The summed E-state index contributed by atoms with van der Waals surface area (Å²) in [7, 11) is 3.09. The van der Waals surface area contributed by atoms with E-state index in [-0.39, 0.29) is 5.91 Å².